The lowest BCUT2D eigenvalue weighted by molar-refractivity contribution is -0.120. The zero-order chi connectivity index (χ0) is 13.5. The van der Waals surface area contributed by atoms with Crippen molar-refractivity contribution in [3.8, 4) is 0 Å². The Balaban J connectivity index is 2.21. The van der Waals surface area contributed by atoms with Crippen molar-refractivity contribution in [3.63, 3.8) is 0 Å². The predicted molar refractivity (Wildman–Crippen MR) is 73.7 cm³/mol. The van der Waals surface area contributed by atoms with Gasteiger partial charge in [0.05, 0.1) is 15.7 Å². The smallest absolute Gasteiger partial charge is 0.230 e. The van der Waals surface area contributed by atoms with Crippen LogP contribution in [0.25, 0.3) is 0 Å². The summed E-state index contributed by atoms with van der Waals surface area (Å²) in [5, 5.41) is 5.83. The van der Waals surface area contributed by atoms with Crippen molar-refractivity contribution in [2.45, 2.75) is 18.1 Å². The van der Waals surface area contributed by atoms with Crippen molar-refractivity contribution in [1.29, 1.82) is 0 Å². The van der Waals surface area contributed by atoms with Gasteiger partial charge in [-0.15, -0.1) is 11.8 Å². The van der Waals surface area contributed by atoms with Crippen LogP contribution in [0.5, 0.6) is 0 Å². The summed E-state index contributed by atoms with van der Waals surface area (Å²) in [5.41, 5.74) is 6.42. The first-order chi connectivity index (χ1) is 8.49. The Morgan fingerprint density at radius 1 is 1.39 bits per heavy atom. The van der Waals surface area contributed by atoms with E-state index in [0.717, 1.165) is 9.90 Å². The summed E-state index contributed by atoms with van der Waals surface area (Å²) < 4.78 is 0.963. The lowest BCUT2D eigenvalue weighted by Gasteiger charge is -2.04. The number of nitrogen functional groups attached to an aromatic ring is 1. The van der Waals surface area contributed by atoms with Crippen molar-refractivity contribution < 1.29 is 9.59 Å². The van der Waals surface area contributed by atoms with Gasteiger partial charge >= 0.3 is 0 Å². The molecule has 4 N–H and O–H groups in total. The number of nitrogens with one attached hydrogen (secondary N) is 2. The fourth-order valence-electron chi connectivity index (χ4n) is 1.16. The molecule has 2 amide bonds. The number of thioether (sulfide) groups is 1. The van der Waals surface area contributed by atoms with Crippen LogP contribution in [0.4, 0.5) is 5.13 Å². The number of thiazole rings is 1. The summed E-state index contributed by atoms with van der Waals surface area (Å²) in [5.74, 6) is 0.147. The number of anilines is 1. The Hall–Kier alpha value is -1.28. The van der Waals surface area contributed by atoms with Crippen molar-refractivity contribution in [3.05, 3.63) is 5.69 Å². The molecule has 0 unspecified atom stereocenters. The second-order valence-corrected chi connectivity index (χ2v) is 5.82. The molecule has 0 aliphatic rings. The summed E-state index contributed by atoms with van der Waals surface area (Å²) in [6, 6.07) is 0. The quantitative estimate of drug-likeness (QED) is 0.519. The number of aryl methyl sites for hydroxylation is 1. The molecule has 0 spiro atoms. The van der Waals surface area contributed by atoms with Gasteiger partial charge in [0.25, 0.3) is 0 Å². The van der Waals surface area contributed by atoms with Crippen molar-refractivity contribution in [2.24, 2.45) is 0 Å². The SMILES string of the molecule is CC(=O)NCCNC(=O)CSc1sc(N)nc1C. The first-order valence-corrected chi connectivity index (χ1v) is 7.16. The topological polar surface area (TPSA) is 97.1 Å². The molecule has 0 aliphatic heterocycles. The zero-order valence-electron chi connectivity index (χ0n) is 10.3. The van der Waals surface area contributed by atoms with E-state index in [1.165, 1.54) is 30.0 Å². The molecule has 1 rings (SSSR count). The average molecular weight is 288 g/mol. The summed E-state index contributed by atoms with van der Waals surface area (Å²) in [6.45, 7) is 4.18. The maximum Gasteiger partial charge on any atom is 0.230 e. The van der Waals surface area contributed by atoms with Gasteiger partial charge in [-0.3, -0.25) is 9.59 Å². The maximum atomic E-state index is 11.5. The van der Waals surface area contributed by atoms with Gasteiger partial charge in [-0.1, -0.05) is 11.3 Å². The largest absolute Gasteiger partial charge is 0.375 e. The third-order valence-corrected chi connectivity index (χ3v) is 4.27. The van der Waals surface area contributed by atoms with E-state index >= 15 is 0 Å². The van der Waals surface area contributed by atoms with E-state index in [1.807, 2.05) is 6.92 Å². The molecule has 0 radical (unpaired) electrons. The molecule has 0 aliphatic carbocycles. The molecule has 0 aromatic carbocycles. The van der Waals surface area contributed by atoms with Crippen LogP contribution >= 0.6 is 23.1 Å². The number of carbonyl (C=O) groups is 2. The molecule has 0 atom stereocenters. The molecule has 1 aromatic rings. The molecular weight excluding hydrogens is 272 g/mol. The van der Waals surface area contributed by atoms with Gasteiger partial charge in [-0.05, 0) is 6.92 Å². The Morgan fingerprint density at radius 2 is 2.06 bits per heavy atom. The molecule has 8 heteroatoms. The highest BCUT2D eigenvalue weighted by molar-refractivity contribution is 8.01. The summed E-state index contributed by atoms with van der Waals surface area (Å²) in [7, 11) is 0. The molecule has 0 bridgehead atoms. The number of hydrogen-bond acceptors (Lipinski definition) is 6. The summed E-state index contributed by atoms with van der Waals surface area (Å²) in [4.78, 5) is 26.2. The highest BCUT2D eigenvalue weighted by Gasteiger charge is 2.08. The second-order valence-electron chi connectivity index (χ2n) is 3.55. The standard InChI is InChI=1S/C10H16N4O2S2/c1-6-9(18-10(11)14-6)17-5-8(16)13-4-3-12-7(2)15/h3-5H2,1-2H3,(H2,11,14)(H,12,15)(H,13,16). The van der Waals surface area contributed by atoms with Crippen LogP contribution in [-0.2, 0) is 9.59 Å². The minimum Gasteiger partial charge on any atom is -0.375 e. The normalized spacial score (nSPS) is 10.1. The van der Waals surface area contributed by atoms with Gasteiger partial charge in [0, 0.05) is 20.0 Å². The monoisotopic (exact) mass is 288 g/mol. The average Bonchev–Trinajstić information content (AvgIpc) is 2.60. The van der Waals surface area contributed by atoms with Gasteiger partial charge in [0.15, 0.2) is 5.13 Å². The fraction of sp³-hybridized carbons (Fsp3) is 0.500. The van der Waals surface area contributed by atoms with Gasteiger partial charge < -0.3 is 16.4 Å². The molecule has 0 fully saturated rings. The van der Waals surface area contributed by atoms with E-state index in [0.29, 0.717) is 24.0 Å². The van der Waals surface area contributed by atoms with Crippen LogP contribution in [0.2, 0.25) is 0 Å². The maximum absolute atomic E-state index is 11.5. The van der Waals surface area contributed by atoms with Crippen LogP contribution in [0.15, 0.2) is 4.21 Å². The van der Waals surface area contributed by atoms with Gasteiger partial charge in [-0.2, -0.15) is 0 Å². The van der Waals surface area contributed by atoms with Crippen molar-refractivity contribution in [1.82, 2.24) is 15.6 Å². The molecule has 0 saturated heterocycles. The number of nitrogens with two attached hydrogens (primary N) is 1. The lowest BCUT2D eigenvalue weighted by Crippen LogP contribution is -2.34. The summed E-state index contributed by atoms with van der Waals surface area (Å²) >= 11 is 2.80. The minimum atomic E-state index is -0.102. The van der Waals surface area contributed by atoms with Crippen LogP contribution in [0.1, 0.15) is 12.6 Å². The van der Waals surface area contributed by atoms with Crippen LogP contribution in [0.3, 0.4) is 0 Å². The highest BCUT2D eigenvalue weighted by atomic mass is 32.2. The zero-order valence-corrected chi connectivity index (χ0v) is 11.9. The number of rotatable bonds is 6. The third-order valence-electron chi connectivity index (χ3n) is 1.93. The van der Waals surface area contributed by atoms with Crippen LogP contribution in [0, 0.1) is 6.92 Å². The lowest BCUT2D eigenvalue weighted by atomic mass is 10.5. The molecule has 1 aromatic heterocycles. The van der Waals surface area contributed by atoms with E-state index < -0.39 is 0 Å². The van der Waals surface area contributed by atoms with Gasteiger partial charge in [0.1, 0.15) is 0 Å². The van der Waals surface area contributed by atoms with Gasteiger partial charge in [0.2, 0.25) is 11.8 Å². The second kappa shape index (κ2) is 7.22. The Labute approximate surface area is 114 Å². The number of aromatic nitrogens is 1. The summed E-state index contributed by atoms with van der Waals surface area (Å²) in [6.07, 6.45) is 0. The Morgan fingerprint density at radius 3 is 2.61 bits per heavy atom. The van der Waals surface area contributed by atoms with E-state index in [4.69, 9.17) is 5.73 Å². The number of nitrogens with zero attached hydrogens (tertiary/aromatic N) is 1. The Kier molecular flexibility index (Phi) is 5.93. The molecule has 18 heavy (non-hydrogen) atoms. The first-order valence-electron chi connectivity index (χ1n) is 5.36. The highest BCUT2D eigenvalue weighted by Crippen LogP contribution is 2.30. The number of amides is 2. The third kappa shape index (κ3) is 5.37. The number of hydrogen-bond donors (Lipinski definition) is 3. The van der Waals surface area contributed by atoms with Crippen LogP contribution < -0.4 is 16.4 Å². The fourth-order valence-corrected chi connectivity index (χ4v) is 3.01. The van der Waals surface area contributed by atoms with Crippen molar-refractivity contribution in [2.75, 3.05) is 24.6 Å². The number of carbonyl (C=O) groups excluding carboxylic acids is 2. The molecule has 1 heterocycles. The van der Waals surface area contributed by atoms with Crippen LogP contribution in [-0.4, -0.2) is 35.6 Å². The Bertz CT molecular complexity index is 434. The molecule has 100 valence electrons. The predicted octanol–water partition coefficient (Wildman–Crippen LogP) is 0.378. The van der Waals surface area contributed by atoms with E-state index in [-0.39, 0.29) is 11.8 Å². The van der Waals surface area contributed by atoms with E-state index in [2.05, 4.69) is 15.6 Å². The van der Waals surface area contributed by atoms with Crippen molar-refractivity contribution >= 4 is 40.0 Å². The first kappa shape index (κ1) is 14.8. The molecule has 6 nitrogen and oxygen atoms in total. The molecular formula is C10H16N4O2S2. The minimum absolute atomic E-state index is 0.0725. The van der Waals surface area contributed by atoms with Gasteiger partial charge in [-0.25, -0.2) is 4.98 Å². The van der Waals surface area contributed by atoms with E-state index in [9.17, 15) is 9.59 Å². The molecule has 0 saturated carbocycles. The van der Waals surface area contributed by atoms with E-state index in [1.54, 1.807) is 0 Å².